The summed E-state index contributed by atoms with van der Waals surface area (Å²) in [5.41, 5.74) is -0.509. The smallest absolute Gasteiger partial charge is 0.202 e. The Labute approximate surface area is 84.9 Å². The fourth-order valence-electron chi connectivity index (χ4n) is 1.77. The van der Waals surface area contributed by atoms with E-state index in [2.05, 4.69) is 4.99 Å². The van der Waals surface area contributed by atoms with Gasteiger partial charge in [-0.3, -0.25) is 4.79 Å². The molecule has 3 nitrogen and oxygen atoms in total. The van der Waals surface area contributed by atoms with Crippen LogP contribution in [0.2, 0.25) is 0 Å². The molecule has 0 amide bonds. The normalized spacial score (nSPS) is 19.4. The number of carbonyl (C=O) groups excluding carboxylic acids is 1. The standard InChI is InChI=1S/C11H17NO2/c1-4-11(5-2)9(13)7-8-12-10(11)14-6-3/h7-8H,4-6H2,1-3H3. The second-order valence-corrected chi connectivity index (χ2v) is 3.34. The Hall–Kier alpha value is -1.12. The molecule has 1 rings (SSSR count). The van der Waals surface area contributed by atoms with E-state index in [4.69, 9.17) is 4.74 Å². The summed E-state index contributed by atoms with van der Waals surface area (Å²) in [5.74, 6) is 0.693. The average Bonchev–Trinajstić information content (AvgIpc) is 2.20. The van der Waals surface area contributed by atoms with Gasteiger partial charge < -0.3 is 4.74 Å². The lowest BCUT2D eigenvalue weighted by Gasteiger charge is -2.31. The van der Waals surface area contributed by atoms with Crippen LogP contribution in [0.1, 0.15) is 33.6 Å². The van der Waals surface area contributed by atoms with Crippen molar-refractivity contribution >= 4 is 11.7 Å². The molecule has 3 heteroatoms. The highest BCUT2D eigenvalue weighted by atomic mass is 16.5. The first-order chi connectivity index (χ1) is 6.71. The molecule has 78 valence electrons. The van der Waals surface area contributed by atoms with Crippen LogP contribution in [0.3, 0.4) is 0 Å². The molecule has 0 aliphatic carbocycles. The number of rotatable bonds is 3. The van der Waals surface area contributed by atoms with Gasteiger partial charge in [0.2, 0.25) is 5.90 Å². The van der Waals surface area contributed by atoms with Gasteiger partial charge in [-0.1, -0.05) is 13.8 Å². The largest absolute Gasteiger partial charge is 0.480 e. The number of aliphatic imine (C=N–C) groups is 1. The van der Waals surface area contributed by atoms with Gasteiger partial charge in [0.1, 0.15) is 5.41 Å². The predicted molar refractivity (Wildman–Crippen MR) is 56.2 cm³/mol. The van der Waals surface area contributed by atoms with Gasteiger partial charge in [0.25, 0.3) is 0 Å². The van der Waals surface area contributed by atoms with Crippen molar-refractivity contribution in [3.05, 3.63) is 12.3 Å². The molecule has 0 aromatic carbocycles. The minimum absolute atomic E-state index is 0.112. The van der Waals surface area contributed by atoms with E-state index in [1.165, 1.54) is 12.3 Å². The lowest BCUT2D eigenvalue weighted by Crippen LogP contribution is -2.40. The van der Waals surface area contributed by atoms with E-state index >= 15 is 0 Å². The van der Waals surface area contributed by atoms with E-state index in [1.54, 1.807) is 0 Å². The number of carbonyl (C=O) groups is 1. The van der Waals surface area contributed by atoms with Gasteiger partial charge >= 0.3 is 0 Å². The zero-order valence-corrected chi connectivity index (χ0v) is 9.04. The molecule has 0 spiro atoms. The van der Waals surface area contributed by atoms with Gasteiger partial charge in [0, 0.05) is 12.3 Å². The molecule has 1 aliphatic rings. The van der Waals surface area contributed by atoms with Gasteiger partial charge in [0.15, 0.2) is 5.78 Å². The summed E-state index contributed by atoms with van der Waals surface area (Å²) in [6.07, 6.45) is 4.55. The SMILES string of the molecule is CCOC1=NC=CC(=O)C1(CC)CC. The molecule has 0 atom stereocenters. The van der Waals surface area contributed by atoms with Crippen LogP contribution in [0.25, 0.3) is 0 Å². The maximum atomic E-state index is 11.8. The molecule has 0 unspecified atom stereocenters. The van der Waals surface area contributed by atoms with Crippen molar-refractivity contribution in [2.24, 2.45) is 10.4 Å². The molecule has 0 bridgehead atoms. The third-order valence-corrected chi connectivity index (χ3v) is 2.79. The molecule has 0 radical (unpaired) electrons. The number of nitrogens with zero attached hydrogens (tertiary/aromatic N) is 1. The summed E-state index contributed by atoms with van der Waals surface area (Å²) in [5, 5.41) is 0. The fourth-order valence-corrected chi connectivity index (χ4v) is 1.77. The zero-order valence-electron chi connectivity index (χ0n) is 9.04. The lowest BCUT2D eigenvalue weighted by atomic mass is 9.77. The van der Waals surface area contributed by atoms with Gasteiger partial charge in [-0.15, -0.1) is 0 Å². The van der Waals surface area contributed by atoms with Crippen LogP contribution in [-0.2, 0) is 9.53 Å². The first-order valence-electron chi connectivity index (χ1n) is 5.13. The Morgan fingerprint density at radius 1 is 1.36 bits per heavy atom. The second-order valence-electron chi connectivity index (χ2n) is 3.34. The first kappa shape index (κ1) is 11.0. The van der Waals surface area contributed by atoms with E-state index in [-0.39, 0.29) is 5.78 Å². The third kappa shape index (κ3) is 1.59. The van der Waals surface area contributed by atoms with Crippen LogP contribution >= 0.6 is 0 Å². The lowest BCUT2D eigenvalue weighted by molar-refractivity contribution is -0.121. The second kappa shape index (κ2) is 4.40. The topological polar surface area (TPSA) is 38.7 Å². The van der Waals surface area contributed by atoms with Crippen molar-refractivity contribution in [1.82, 2.24) is 0 Å². The molecule has 0 aromatic heterocycles. The molecule has 0 saturated carbocycles. The summed E-state index contributed by atoms with van der Waals surface area (Å²) in [6, 6.07) is 0. The number of ether oxygens (including phenoxy) is 1. The van der Waals surface area contributed by atoms with Gasteiger partial charge in [-0.2, -0.15) is 0 Å². The monoisotopic (exact) mass is 195 g/mol. The van der Waals surface area contributed by atoms with E-state index in [9.17, 15) is 4.79 Å². The van der Waals surface area contributed by atoms with Crippen molar-refractivity contribution in [2.75, 3.05) is 6.61 Å². The number of hydrogen-bond donors (Lipinski definition) is 0. The minimum Gasteiger partial charge on any atom is -0.480 e. The van der Waals surface area contributed by atoms with Crippen molar-refractivity contribution in [3.63, 3.8) is 0 Å². The van der Waals surface area contributed by atoms with Gasteiger partial charge in [-0.25, -0.2) is 4.99 Å². The molecule has 1 aliphatic heterocycles. The number of allylic oxidation sites excluding steroid dienone is 1. The Balaban J connectivity index is 3.03. The molecule has 0 aromatic rings. The van der Waals surface area contributed by atoms with Crippen LogP contribution < -0.4 is 0 Å². The zero-order chi connectivity index (χ0) is 10.6. The fraction of sp³-hybridized carbons (Fsp3) is 0.636. The average molecular weight is 195 g/mol. The Morgan fingerprint density at radius 3 is 2.50 bits per heavy atom. The minimum atomic E-state index is -0.509. The predicted octanol–water partition coefficient (Wildman–Crippen LogP) is 2.32. The van der Waals surface area contributed by atoms with E-state index in [1.807, 2.05) is 20.8 Å². The van der Waals surface area contributed by atoms with Crippen LogP contribution in [-0.4, -0.2) is 18.3 Å². The van der Waals surface area contributed by atoms with Crippen molar-refractivity contribution in [2.45, 2.75) is 33.6 Å². The van der Waals surface area contributed by atoms with Crippen molar-refractivity contribution in [1.29, 1.82) is 0 Å². The van der Waals surface area contributed by atoms with Crippen LogP contribution in [0.15, 0.2) is 17.3 Å². The van der Waals surface area contributed by atoms with E-state index < -0.39 is 5.41 Å². The highest BCUT2D eigenvalue weighted by Crippen LogP contribution is 2.33. The third-order valence-electron chi connectivity index (χ3n) is 2.79. The van der Waals surface area contributed by atoms with Crippen molar-refractivity contribution < 1.29 is 9.53 Å². The first-order valence-corrected chi connectivity index (χ1v) is 5.13. The summed E-state index contributed by atoms with van der Waals surface area (Å²) in [4.78, 5) is 16.0. The van der Waals surface area contributed by atoms with Gasteiger partial charge in [-0.05, 0) is 19.8 Å². The summed E-state index contributed by atoms with van der Waals surface area (Å²) >= 11 is 0. The Kier molecular flexibility index (Phi) is 3.44. The molecule has 0 fully saturated rings. The molecule has 14 heavy (non-hydrogen) atoms. The maximum absolute atomic E-state index is 11.8. The number of ketones is 1. The Morgan fingerprint density at radius 2 is 2.00 bits per heavy atom. The van der Waals surface area contributed by atoms with Gasteiger partial charge in [0.05, 0.1) is 6.61 Å². The highest BCUT2D eigenvalue weighted by molar-refractivity contribution is 6.12. The highest BCUT2D eigenvalue weighted by Gasteiger charge is 2.41. The van der Waals surface area contributed by atoms with E-state index in [0.29, 0.717) is 12.5 Å². The van der Waals surface area contributed by atoms with Crippen LogP contribution in [0.5, 0.6) is 0 Å². The number of hydrogen-bond acceptors (Lipinski definition) is 3. The van der Waals surface area contributed by atoms with Crippen LogP contribution in [0, 0.1) is 5.41 Å². The summed E-state index contributed by atoms with van der Waals surface area (Å²) < 4.78 is 5.43. The molecule has 0 N–H and O–H groups in total. The molecular formula is C11H17NO2. The quantitative estimate of drug-likeness (QED) is 0.693. The van der Waals surface area contributed by atoms with Crippen molar-refractivity contribution in [3.8, 4) is 0 Å². The van der Waals surface area contributed by atoms with Crippen LogP contribution in [0.4, 0.5) is 0 Å². The molecule has 1 heterocycles. The summed E-state index contributed by atoms with van der Waals surface area (Å²) in [6.45, 7) is 6.45. The Bertz CT molecular complexity index is 275. The maximum Gasteiger partial charge on any atom is 0.202 e. The molecular weight excluding hydrogens is 178 g/mol. The van der Waals surface area contributed by atoms with E-state index in [0.717, 1.165) is 12.8 Å². The summed E-state index contributed by atoms with van der Waals surface area (Å²) in [7, 11) is 0. The molecule has 0 saturated heterocycles.